The smallest absolute Gasteiger partial charge is 0.314 e. The van der Waals surface area contributed by atoms with Crippen LogP contribution in [-0.2, 0) is 21.6 Å². The van der Waals surface area contributed by atoms with Crippen molar-refractivity contribution in [2.75, 3.05) is 0 Å². The van der Waals surface area contributed by atoms with Gasteiger partial charge in [-0.2, -0.15) is 0 Å². The molecule has 0 amide bonds. The lowest BCUT2D eigenvalue weighted by Gasteiger charge is -2.19. The van der Waals surface area contributed by atoms with E-state index in [9.17, 15) is 19.1 Å². The number of rotatable bonds is 5. The number of benzene rings is 1. The van der Waals surface area contributed by atoms with Crippen LogP contribution in [0.15, 0.2) is 18.2 Å². The van der Waals surface area contributed by atoms with E-state index in [1.807, 2.05) is 0 Å². The Labute approximate surface area is 130 Å². The second kappa shape index (κ2) is 7.46. The van der Waals surface area contributed by atoms with Gasteiger partial charge in [0.2, 0.25) is 5.75 Å². The highest BCUT2D eigenvalue weighted by Crippen LogP contribution is 2.31. The molecule has 0 spiro atoms. The Morgan fingerprint density at radius 2 is 2.05 bits per heavy atom. The Morgan fingerprint density at radius 3 is 2.64 bits per heavy atom. The van der Waals surface area contributed by atoms with Gasteiger partial charge < -0.3 is 9.29 Å². The number of nitro benzene ring substituents is 1. The van der Waals surface area contributed by atoms with Crippen LogP contribution in [0, 0.1) is 16.0 Å². The molecule has 1 aliphatic rings. The maximum atomic E-state index is 12.1. The maximum absolute atomic E-state index is 12.1. The molecule has 1 atom stereocenters. The summed E-state index contributed by atoms with van der Waals surface area (Å²) in [6.45, 7) is 0. The SMILES string of the molecule is O=C(Oc1ccc(CS(=O)O)cc1[N+](=O)[O-])C1CCCCC1. The van der Waals surface area contributed by atoms with Crippen LogP contribution in [-0.4, -0.2) is 19.7 Å². The molecule has 22 heavy (non-hydrogen) atoms. The summed E-state index contributed by atoms with van der Waals surface area (Å²) in [6.07, 6.45) is 4.51. The van der Waals surface area contributed by atoms with Gasteiger partial charge >= 0.3 is 11.7 Å². The number of esters is 1. The van der Waals surface area contributed by atoms with E-state index in [0.717, 1.165) is 38.2 Å². The number of carbonyl (C=O) groups excluding carboxylic acids is 1. The molecule has 8 heteroatoms. The summed E-state index contributed by atoms with van der Waals surface area (Å²) in [5.74, 6) is -0.982. The van der Waals surface area contributed by atoms with Crippen molar-refractivity contribution in [3.63, 3.8) is 0 Å². The van der Waals surface area contributed by atoms with Crippen molar-refractivity contribution < 1.29 is 23.2 Å². The van der Waals surface area contributed by atoms with Crippen LogP contribution in [0.2, 0.25) is 0 Å². The molecule has 1 unspecified atom stereocenters. The average molecular weight is 327 g/mol. The molecule has 1 saturated carbocycles. The van der Waals surface area contributed by atoms with Crippen molar-refractivity contribution in [3.05, 3.63) is 33.9 Å². The number of carbonyl (C=O) groups is 1. The first kappa shape index (κ1) is 16.6. The van der Waals surface area contributed by atoms with Gasteiger partial charge in [0.1, 0.15) is 0 Å². The van der Waals surface area contributed by atoms with E-state index in [2.05, 4.69) is 0 Å². The molecule has 0 heterocycles. The zero-order valence-corrected chi connectivity index (χ0v) is 12.7. The summed E-state index contributed by atoms with van der Waals surface area (Å²) in [5.41, 5.74) is -0.0305. The van der Waals surface area contributed by atoms with Crippen LogP contribution in [0.5, 0.6) is 5.75 Å². The van der Waals surface area contributed by atoms with Crippen LogP contribution in [0.1, 0.15) is 37.7 Å². The molecule has 1 N–H and O–H groups in total. The molecule has 2 rings (SSSR count). The fraction of sp³-hybridized carbons (Fsp3) is 0.500. The fourth-order valence-corrected chi connectivity index (χ4v) is 3.02. The third kappa shape index (κ3) is 4.35. The van der Waals surface area contributed by atoms with Gasteiger partial charge in [-0.1, -0.05) is 25.3 Å². The summed E-state index contributed by atoms with van der Waals surface area (Å²) in [6, 6.07) is 3.92. The topological polar surface area (TPSA) is 107 Å². The predicted molar refractivity (Wildman–Crippen MR) is 79.8 cm³/mol. The highest BCUT2D eigenvalue weighted by Gasteiger charge is 2.26. The third-order valence-corrected chi connectivity index (χ3v) is 4.24. The van der Waals surface area contributed by atoms with Gasteiger partial charge in [0.15, 0.2) is 11.1 Å². The summed E-state index contributed by atoms with van der Waals surface area (Å²) in [7, 11) is 0. The monoisotopic (exact) mass is 327 g/mol. The normalized spacial score (nSPS) is 17.0. The molecule has 1 aromatic carbocycles. The predicted octanol–water partition coefficient (Wildman–Crippen LogP) is 2.80. The van der Waals surface area contributed by atoms with Gasteiger partial charge in [0.05, 0.1) is 16.6 Å². The molecule has 1 fully saturated rings. The van der Waals surface area contributed by atoms with E-state index in [4.69, 9.17) is 9.29 Å². The molecular weight excluding hydrogens is 310 g/mol. The number of hydrogen-bond acceptors (Lipinski definition) is 5. The summed E-state index contributed by atoms with van der Waals surface area (Å²) >= 11 is -2.09. The molecule has 1 aromatic rings. The maximum Gasteiger partial charge on any atom is 0.314 e. The highest BCUT2D eigenvalue weighted by molar-refractivity contribution is 7.78. The Hall–Kier alpha value is -1.80. The second-order valence-corrected chi connectivity index (χ2v) is 6.21. The van der Waals surface area contributed by atoms with E-state index < -0.39 is 22.0 Å². The zero-order valence-electron chi connectivity index (χ0n) is 11.9. The van der Waals surface area contributed by atoms with Crippen LogP contribution in [0.3, 0.4) is 0 Å². The first-order valence-corrected chi connectivity index (χ1v) is 8.31. The van der Waals surface area contributed by atoms with E-state index in [1.54, 1.807) is 0 Å². The molecule has 0 aliphatic heterocycles. The highest BCUT2D eigenvalue weighted by atomic mass is 32.2. The van der Waals surface area contributed by atoms with E-state index in [1.165, 1.54) is 12.1 Å². The minimum Gasteiger partial charge on any atom is -0.419 e. The zero-order chi connectivity index (χ0) is 16.1. The van der Waals surface area contributed by atoms with E-state index >= 15 is 0 Å². The lowest BCUT2D eigenvalue weighted by atomic mass is 9.89. The molecule has 7 nitrogen and oxygen atoms in total. The summed E-state index contributed by atoms with van der Waals surface area (Å²) in [4.78, 5) is 22.5. The molecule has 120 valence electrons. The van der Waals surface area contributed by atoms with Crippen molar-refractivity contribution in [3.8, 4) is 5.75 Å². The van der Waals surface area contributed by atoms with Crippen molar-refractivity contribution >= 4 is 22.7 Å². The third-order valence-electron chi connectivity index (χ3n) is 3.66. The standard InChI is InChI=1S/C14H17NO6S/c16-14(11-4-2-1-3-5-11)21-13-7-6-10(9-22(19)20)8-12(13)15(17)18/h6-8,11H,1-5,9H2,(H,19,20). The Morgan fingerprint density at radius 1 is 1.36 bits per heavy atom. The number of nitrogens with zero attached hydrogens (tertiary/aromatic N) is 1. The quantitative estimate of drug-likeness (QED) is 0.293. The number of ether oxygens (including phenoxy) is 1. The lowest BCUT2D eigenvalue weighted by molar-refractivity contribution is -0.385. The average Bonchev–Trinajstić information content (AvgIpc) is 2.49. The minimum absolute atomic E-state index is 0.118. The fourth-order valence-electron chi connectivity index (χ4n) is 2.55. The molecule has 1 aliphatic carbocycles. The van der Waals surface area contributed by atoms with Crippen LogP contribution in [0.4, 0.5) is 5.69 Å². The largest absolute Gasteiger partial charge is 0.419 e. The summed E-state index contributed by atoms with van der Waals surface area (Å²) in [5, 5.41) is 11.1. The van der Waals surface area contributed by atoms with E-state index in [0.29, 0.717) is 5.56 Å². The van der Waals surface area contributed by atoms with Crippen LogP contribution < -0.4 is 4.74 Å². The lowest BCUT2D eigenvalue weighted by Crippen LogP contribution is -2.23. The van der Waals surface area contributed by atoms with Gasteiger partial charge in [-0.25, -0.2) is 4.21 Å². The van der Waals surface area contributed by atoms with Gasteiger partial charge in [0.25, 0.3) is 0 Å². The summed E-state index contributed by atoms with van der Waals surface area (Å²) < 4.78 is 24.8. The molecule has 0 saturated heterocycles. The Balaban J connectivity index is 2.16. The Kier molecular flexibility index (Phi) is 5.62. The Bertz CT molecular complexity index is 597. The van der Waals surface area contributed by atoms with Crippen molar-refractivity contribution in [2.45, 2.75) is 37.9 Å². The number of nitro groups is 1. The first-order chi connectivity index (χ1) is 10.5. The minimum atomic E-state index is -2.09. The molecular formula is C14H17NO6S. The van der Waals surface area contributed by atoms with Gasteiger partial charge in [-0.05, 0) is 24.5 Å². The van der Waals surface area contributed by atoms with Crippen molar-refractivity contribution in [1.82, 2.24) is 0 Å². The van der Waals surface area contributed by atoms with Gasteiger partial charge in [0, 0.05) is 6.07 Å². The molecule has 0 radical (unpaired) electrons. The van der Waals surface area contributed by atoms with Crippen LogP contribution in [0.25, 0.3) is 0 Å². The second-order valence-electron chi connectivity index (χ2n) is 5.28. The van der Waals surface area contributed by atoms with E-state index in [-0.39, 0.29) is 23.1 Å². The molecule has 0 aromatic heterocycles. The van der Waals surface area contributed by atoms with Crippen LogP contribution >= 0.6 is 0 Å². The first-order valence-electron chi connectivity index (χ1n) is 7.04. The van der Waals surface area contributed by atoms with Gasteiger partial charge in [-0.3, -0.25) is 14.9 Å². The van der Waals surface area contributed by atoms with Crippen molar-refractivity contribution in [2.24, 2.45) is 5.92 Å². The molecule has 0 bridgehead atoms. The van der Waals surface area contributed by atoms with Gasteiger partial charge in [-0.15, -0.1) is 0 Å². The number of hydrogen-bond donors (Lipinski definition) is 1. The van der Waals surface area contributed by atoms with Crippen molar-refractivity contribution in [1.29, 1.82) is 0 Å².